The Morgan fingerprint density at radius 1 is 0.611 bits per heavy atom. The molecule has 1 nitrogen and oxygen atoms in total. The molecule has 2 heteroatoms. The van der Waals surface area contributed by atoms with E-state index in [0.29, 0.717) is 0 Å². The van der Waals surface area contributed by atoms with Crippen LogP contribution in [0.3, 0.4) is 0 Å². The summed E-state index contributed by atoms with van der Waals surface area (Å²) in [6.07, 6.45) is 8.87. The molecule has 0 aromatic carbocycles. The molecular weight excluding hydrogens is 327 g/mol. The minimum atomic E-state index is -0.967. The molecule has 18 heavy (non-hydrogen) atoms. The fourth-order valence-electron chi connectivity index (χ4n) is 2.12. The van der Waals surface area contributed by atoms with Gasteiger partial charge in [0.05, 0.1) is 0 Å². The van der Waals surface area contributed by atoms with Gasteiger partial charge in [-0.1, -0.05) is 0 Å². The van der Waals surface area contributed by atoms with Gasteiger partial charge in [-0.2, -0.15) is 0 Å². The molecule has 0 fully saturated rings. The van der Waals surface area contributed by atoms with Crippen molar-refractivity contribution >= 4 is 19.8 Å². The van der Waals surface area contributed by atoms with Crippen molar-refractivity contribution in [2.45, 2.75) is 86.5 Å². The summed E-state index contributed by atoms with van der Waals surface area (Å²) >= 11 is -0.967. The molecule has 0 amide bonds. The van der Waals surface area contributed by atoms with Crippen molar-refractivity contribution in [2.24, 2.45) is 0 Å². The van der Waals surface area contributed by atoms with Crippen molar-refractivity contribution in [1.29, 1.82) is 0 Å². The number of hydrogen-bond acceptors (Lipinski definition) is 1. The molecule has 0 saturated heterocycles. The van der Waals surface area contributed by atoms with E-state index in [1.165, 1.54) is 38.5 Å². The summed E-state index contributed by atoms with van der Waals surface area (Å²) in [4.78, 5) is 0. The zero-order valence-electron chi connectivity index (χ0n) is 13.8. The summed E-state index contributed by atoms with van der Waals surface area (Å²) in [5.74, 6) is 0. The van der Waals surface area contributed by atoms with Crippen molar-refractivity contribution in [3.8, 4) is 0 Å². The average Bonchev–Trinajstić information content (AvgIpc) is 2.39. The summed E-state index contributed by atoms with van der Waals surface area (Å²) < 4.78 is 9.91. The molecule has 0 aliphatic heterocycles. The molecular formula is C16H38OSn. The monoisotopic (exact) mass is 366 g/mol. The van der Waals surface area contributed by atoms with Crippen molar-refractivity contribution in [3.63, 3.8) is 0 Å². The van der Waals surface area contributed by atoms with Crippen molar-refractivity contribution < 1.29 is 4.74 Å². The first kappa shape index (κ1) is 21.1. The zero-order chi connectivity index (χ0) is 14.1. The van der Waals surface area contributed by atoms with Gasteiger partial charge in [-0.05, 0) is 13.8 Å². The van der Waals surface area contributed by atoms with Gasteiger partial charge in [0.25, 0.3) is 0 Å². The summed E-state index contributed by atoms with van der Waals surface area (Å²) in [5, 5.41) is 0. The van der Waals surface area contributed by atoms with E-state index in [-0.39, 0.29) is 0 Å². The van der Waals surface area contributed by atoms with Gasteiger partial charge in [0.1, 0.15) is 0 Å². The van der Waals surface area contributed by atoms with E-state index in [9.17, 15) is 0 Å². The van der Waals surface area contributed by atoms with E-state index in [1.54, 1.807) is 13.3 Å². The molecule has 0 atom stereocenters. The molecule has 0 saturated carbocycles. The quantitative estimate of drug-likeness (QED) is 0.430. The maximum Gasteiger partial charge on any atom is 0.0437 e. The first-order valence-corrected chi connectivity index (χ1v) is 15.3. The first-order valence-electron chi connectivity index (χ1n) is 8.34. The minimum absolute atomic E-state index is 0.844. The first-order chi connectivity index (χ1) is 8.76. The molecule has 112 valence electrons. The standard InChI is InChI=1S/C4H10O.3C4H9.Sn.H/c1-3-5-4-2;3*1-3-4-2;;/h3-4H2,1-2H3;3*1,3-4H2,2H3;;. The van der Waals surface area contributed by atoms with Crippen molar-refractivity contribution in [1.82, 2.24) is 0 Å². The largest absolute Gasteiger partial charge is 0.382 e. The topological polar surface area (TPSA) is 9.23 Å². The third-order valence-electron chi connectivity index (χ3n) is 3.31. The van der Waals surface area contributed by atoms with Crippen LogP contribution in [-0.4, -0.2) is 33.0 Å². The second kappa shape index (κ2) is 20.1. The van der Waals surface area contributed by atoms with Gasteiger partial charge in [0, 0.05) is 13.2 Å². The SMILES string of the molecule is CCC[CH2][SnH]([CH2]CCC)[CH2]CCC.CCOCC. The Balaban J connectivity index is 0. The Labute approximate surface area is 124 Å². The van der Waals surface area contributed by atoms with Gasteiger partial charge in [0.15, 0.2) is 0 Å². The smallest absolute Gasteiger partial charge is 0.0437 e. The molecule has 0 aromatic rings. The van der Waals surface area contributed by atoms with Gasteiger partial charge in [0.2, 0.25) is 0 Å². The maximum atomic E-state index is 4.83. The van der Waals surface area contributed by atoms with Gasteiger partial charge in [-0.15, -0.1) is 0 Å². The molecule has 0 spiro atoms. The molecule has 0 N–H and O–H groups in total. The number of ether oxygens (including phenoxy) is 1. The second-order valence-corrected chi connectivity index (χ2v) is 15.0. The van der Waals surface area contributed by atoms with E-state index in [0.717, 1.165) is 13.2 Å². The fraction of sp³-hybridized carbons (Fsp3) is 1.00. The molecule has 0 radical (unpaired) electrons. The van der Waals surface area contributed by atoms with Gasteiger partial charge >= 0.3 is 92.4 Å². The van der Waals surface area contributed by atoms with E-state index in [1.807, 2.05) is 13.8 Å². The van der Waals surface area contributed by atoms with Crippen molar-refractivity contribution in [3.05, 3.63) is 0 Å². The van der Waals surface area contributed by atoms with Gasteiger partial charge in [-0.3, -0.25) is 0 Å². The van der Waals surface area contributed by atoms with E-state index in [4.69, 9.17) is 4.74 Å². The molecule has 0 heterocycles. The predicted molar refractivity (Wildman–Crippen MR) is 88.5 cm³/mol. The van der Waals surface area contributed by atoms with Crippen molar-refractivity contribution in [2.75, 3.05) is 13.2 Å². The summed E-state index contributed by atoms with van der Waals surface area (Å²) in [7, 11) is 0. The third-order valence-corrected chi connectivity index (χ3v) is 13.8. The molecule has 0 aliphatic carbocycles. The fourth-order valence-corrected chi connectivity index (χ4v) is 13.0. The van der Waals surface area contributed by atoms with Crippen LogP contribution in [0.4, 0.5) is 0 Å². The Hall–Kier alpha value is 0.759. The Morgan fingerprint density at radius 2 is 0.944 bits per heavy atom. The van der Waals surface area contributed by atoms with E-state index < -0.39 is 19.8 Å². The number of rotatable bonds is 11. The minimum Gasteiger partial charge on any atom is -0.382 e. The van der Waals surface area contributed by atoms with Gasteiger partial charge < -0.3 is 4.74 Å². The van der Waals surface area contributed by atoms with Crippen LogP contribution in [0.1, 0.15) is 73.1 Å². The van der Waals surface area contributed by atoms with Crippen LogP contribution in [0.25, 0.3) is 0 Å². The molecule has 0 bridgehead atoms. The van der Waals surface area contributed by atoms with Crippen LogP contribution in [-0.2, 0) is 4.74 Å². The van der Waals surface area contributed by atoms with Gasteiger partial charge in [-0.25, -0.2) is 0 Å². The maximum absolute atomic E-state index is 4.83. The van der Waals surface area contributed by atoms with Crippen LogP contribution in [0, 0.1) is 0 Å². The average molecular weight is 365 g/mol. The molecule has 0 unspecified atom stereocenters. The Kier molecular flexibility index (Phi) is 23.5. The Morgan fingerprint density at radius 3 is 1.11 bits per heavy atom. The zero-order valence-corrected chi connectivity index (χ0v) is 17.1. The second-order valence-electron chi connectivity index (χ2n) is 5.07. The van der Waals surface area contributed by atoms with E-state index in [2.05, 4.69) is 20.8 Å². The molecule has 0 rings (SSSR count). The van der Waals surface area contributed by atoms with Crippen LogP contribution in [0.2, 0.25) is 13.3 Å². The normalized spacial score (nSPS) is 10.3. The number of unbranched alkanes of at least 4 members (excludes halogenated alkanes) is 3. The van der Waals surface area contributed by atoms with Crippen LogP contribution >= 0.6 is 0 Å². The summed E-state index contributed by atoms with van der Waals surface area (Å²) in [6.45, 7) is 12.7. The molecule has 0 aliphatic rings. The summed E-state index contributed by atoms with van der Waals surface area (Å²) in [5.41, 5.74) is 0. The van der Waals surface area contributed by atoms with Crippen LogP contribution in [0.15, 0.2) is 0 Å². The van der Waals surface area contributed by atoms with Crippen LogP contribution in [0.5, 0.6) is 0 Å². The van der Waals surface area contributed by atoms with Crippen LogP contribution < -0.4 is 0 Å². The summed E-state index contributed by atoms with van der Waals surface area (Å²) in [6, 6.07) is 0. The number of hydrogen-bond donors (Lipinski definition) is 0. The third kappa shape index (κ3) is 19.1. The predicted octanol–water partition coefficient (Wildman–Crippen LogP) is 5.66. The Bertz CT molecular complexity index is 107. The molecule has 0 aromatic heterocycles. The van der Waals surface area contributed by atoms with E-state index >= 15 is 0 Å².